The zero-order valence-corrected chi connectivity index (χ0v) is 7.33. The number of hydrogen-bond donors (Lipinski definition) is 1. The summed E-state index contributed by atoms with van der Waals surface area (Å²) in [5, 5.41) is 0. The normalized spacial score (nSPS) is 10.1. The van der Waals surface area contributed by atoms with Gasteiger partial charge in [-0.2, -0.15) is 0 Å². The molecule has 0 fully saturated rings. The summed E-state index contributed by atoms with van der Waals surface area (Å²) in [6.45, 7) is 3.62. The lowest BCUT2D eigenvalue weighted by atomic mass is 10.2. The minimum absolute atomic E-state index is 0.0527. The SMILES string of the molecule is Cc1cc(=O)c(C)c(CCl)[nH]1. The summed E-state index contributed by atoms with van der Waals surface area (Å²) in [6, 6.07) is 1.57. The van der Waals surface area contributed by atoms with Gasteiger partial charge in [0.15, 0.2) is 5.43 Å². The molecular weight excluding hydrogens is 162 g/mol. The third-order valence-corrected chi connectivity index (χ3v) is 1.92. The Hall–Kier alpha value is -0.760. The van der Waals surface area contributed by atoms with Crippen LogP contribution >= 0.6 is 11.6 Å². The van der Waals surface area contributed by atoms with E-state index < -0.39 is 0 Å². The van der Waals surface area contributed by atoms with Crippen LogP contribution in [0.3, 0.4) is 0 Å². The van der Waals surface area contributed by atoms with Gasteiger partial charge in [0, 0.05) is 23.0 Å². The summed E-state index contributed by atoms with van der Waals surface area (Å²) >= 11 is 5.61. The third-order valence-electron chi connectivity index (χ3n) is 1.65. The average molecular weight is 172 g/mol. The number of pyridine rings is 1. The van der Waals surface area contributed by atoms with E-state index in [0.717, 1.165) is 11.4 Å². The molecule has 2 nitrogen and oxygen atoms in total. The van der Waals surface area contributed by atoms with Crippen LogP contribution < -0.4 is 5.43 Å². The smallest absolute Gasteiger partial charge is 0.185 e. The monoisotopic (exact) mass is 171 g/mol. The van der Waals surface area contributed by atoms with Crippen molar-refractivity contribution in [1.82, 2.24) is 4.98 Å². The number of rotatable bonds is 1. The molecule has 0 aromatic carbocycles. The molecule has 3 heteroatoms. The number of aromatic amines is 1. The molecule has 0 saturated carbocycles. The van der Waals surface area contributed by atoms with Crippen molar-refractivity contribution < 1.29 is 0 Å². The van der Waals surface area contributed by atoms with Gasteiger partial charge < -0.3 is 4.98 Å². The van der Waals surface area contributed by atoms with Crippen LogP contribution in [-0.4, -0.2) is 4.98 Å². The second-order valence-corrected chi connectivity index (χ2v) is 2.82. The van der Waals surface area contributed by atoms with Crippen LogP contribution in [0.25, 0.3) is 0 Å². The molecule has 1 rings (SSSR count). The molecule has 0 amide bonds. The number of halogens is 1. The highest BCUT2D eigenvalue weighted by molar-refractivity contribution is 6.16. The van der Waals surface area contributed by atoms with Gasteiger partial charge in [0.2, 0.25) is 0 Å². The molecule has 0 spiro atoms. The zero-order chi connectivity index (χ0) is 8.43. The minimum Gasteiger partial charge on any atom is -0.361 e. The maximum absolute atomic E-state index is 11.1. The van der Waals surface area contributed by atoms with Gasteiger partial charge in [0.1, 0.15) is 0 Å². The summed E-state index contributed by atoms with van der Waals surface area (Å²) in [5.74, 6) is 0.364. The molecule has 1 heterocycles. The second kappa shape index (κ2) is 3.09. The van der Waals surface area contributed by atoms with E-state index in [-0.39, 0.29) is 5.43 Å². The molecule has 11 heavy (non-hydrogen) atoms. The second-order valence-electron chi connectivity index (χ2n) is 2.55. The van der Waals surface area contributed by atoms with E-state index in [1.807, 2.05) is 6.92 Å². The highest BCUT2D eigenvalue weighted by atomic mass is 35.5. The molecule has 0 unspecified atom stereocenters. The first-order valence-corrected chi connectivity index (χ1v) is 3.94. The van der Waals surface area contributed by atoms with Crippen molar-refractivity contribution in [3.8, 4) is 0 Å². The number of nitrogens with one attached hydrogen (secondary N) is 1. The fourth-order valence-corrected chi connectivity index (χ4v) is 1.22. The number of H-pyrrole nitrogens is 1. The summed E-state index contributed by atoms with van der Waals surface area (Å²) in [6.07, 6.45) is 0. The van der Waals surface area contributed by atoms with Crippen molar-refractivity contribution in [2.75, 3.05) is 0 Å². The van der Waals surface area contributed by atoms with E-state index in [9.17, 15) is 4.79 Å². The van der Waals surface area contributed by atoms with Crippen LogP contribution in [0.15, 0.2) is 10.9 Å². The molecule has 0 atom stereocenters. The Morgan fingerprint density at radius 1 is 1.55 bits per heavy atom. The predicted molar refractivity (Wildman–Crippen MR) is 46.1 cm³/mol. The molecule has 1 aromatic rings. The van der Waals surface area contributed by atoms with E-state index in [0.29, 0.717) is 11.4 Å². The van der Waals surface area contributed by atoms with Gasteiger partial charge in [-0.15, -0.1) is 11.6 Å². The quantitative estimate of drug-likeness (QED) is 0.642. The van der Waals surface area contributed by atoms with Crippen molar-refractivity contribution in [2.45, 2.75) is 19.7 Å². The predicted octanol–water partition coefficient (Wildman–Crippen LogP) is 1.73. The van der Waals surface area contributed by atoms with E-state index in [2.05, 4.69) is 4.98 Å². The highest BCUT2D eigenvalue weighted by Gasteiger charge is 2.00. The molecule has 0 aliphatic carbocycles. The first-order valence-electron chi connectivity index (χ1n) is 3.40. The lowest BCUT2D eigenvalue weighted by Crippen LogP contribution is -2.09. The average Bonchev–Trinajstić information content (AvgIpc) is 1.96. The van der Waals surface area contributed by atoms with E-state index in [1.165, 1.54) is 0 Å². The molecule has 1 N–H and O–H groups in total. The van der Waals surface area contributed by atoms with Gasteiger partial charge in [0.25, 0.3) is 0 Å². The molecular formula is C8H10ClNO. The largest absolute Gasteiger partial charge is 0.361 e. The summed E-state index contributed by atoms with van der Waals surface area (Å²) in [4.78, 5) is 14.2. The Balaban J connectivity index is 3.36. The zero-order valence-electron chi connectivity index (χ0n) is 6.57. The van der Waals surface area contributed by atoms with Crippen molar-refractivity contribution >= 4 is 11.6 Å². The molecule has 0 bridgehead atoms. The van der Waals surface area contributed by atoms with E-state index in [4.69, 9.17) is 11.6 Å². The van der Waals surface area contributed by atoms with Crippen LogP contribution in [0.1, 0.15) is 17.0 Å². The van der Waals surface area contributed by atoms with E-state index >= 15 is 0 Å². The maximum Gasteiger partial charge on any atom is 0.185 e. The molecule has 0 radical (unpaired) electrons. The number of aryl methyl sites for hydroxylation is 1. The Labute approximate surface area is 70.2 Å². The molecule has 1 aromatic heterocycles. The van der Waals surface area contributed by atoms with Crippen LogP contribution in [0, 0.1) is 13.8 Å². The Morgan fingerprint density at radius 2 is 2.18 bits per heavy atom. The molecule has 0 aliphatic rings. The van der Waals surface area contributed by atoms with Gasteiger partial charge in [0.05, 0.1) is 5.88 Å². The van der Waals surface area contributed by atoms with Gasteiger partial charge in [-0.25, -0.2) is 0 Å². The van der Waals surface area contributed by atoms with E-state index in [1.54, 1.807) is 13.0 Å². The van der Waals surface area contributed by atoms with Gasteiger partial charge in [-0.3, -0.25) is 4.79 Å². The van der Waals surface area contributed by atoms with Crippen LogP contribution in [0.4, 0.5) is 0 Å². The summed E-state index contributed by atoms with van der Waals surface area (Å²) in [5.41, 5.74) is 2.44. The first-order chi connectivity index (χ1) is 5.15. The number of alkyl halides is 1. The van der Waals surface area contributed by atoms with Crippen LogP contribution in [0.5, 0.6) is 0 Å². The fourth-order valence-electron chi connectivity index (χ4n) is 0.955. The fraction of sp³-hybridized carbons (Fsp3) is 0.375. The Morgan fingerprint density at radius 3 is 2.73 bits per heavy atom. The summed E-state index contributed by atoms with van der Waals surface area (Å²) < 4.78 is 0. The van der Waals surface area contributed by atoms with Crippen molar-refractivity contribution in [1.29, 1.82) is 0 Å². The number of hydrogen-bond acceptors (Lipinski definition) is 1. The van der Waals surface area contributed by atoms with Gasteiger partial charge in [-0.1, -0.05) is 0 Å². The summed E-state index contributed by atoms with van der Waals surface area (Å²) in [7, 11) is 0. The molecule has 0 aliphatic heterocycles. The van der Waals surface area contributed by atoms with Gasteiger partial charge in [-0.05, 0) is 13.8 Å². The lowest BCUT2D eigenvalue weighted by molar-refractivity contribution is 1.05. The van der Waals surface area contributed by atoms with Crippen LogP contribution in [0.2, 0.25) is 0 Å². The number of aromatic nitrogens is 1. The highest BCUT2D eigenvalue weighted by Crippen LogP contribution is 2.03. The standard InChI is InChI=1S/C8H10ClNO/c1-5-3-8(11)6(2)7(4-9)10-5/h3H,4H2,1-2H3,(H,10,11). The lowest BCUT2D eigenvalue weighted by Gasteiger charge is -2.01. The topological polar surface area (TPSA) is 32.9 Å². The molecule has 0 saturated heterocycles. The third kappa shape index (κ3) is 1.63. The van der Waals surface area contributed by atoms with Crippen molar-refractivity contribution in [2.24, 2.45) is 0 Å². The first kappa shape index (κ1) is 8.34. The Kier molecular flexibility index (Phi) is 2.35. The minimum atomic E-state index is 0.0527. The van der Waals surface area contributed by atoms with Crippen LogP contribution in [-0.2, 0) is 5.88 Å². The van der Waals surface area contributed by atoms with Crippen molar-refractivity contribution in [3.05, 3.63) is 33.2 Å². The van der Waals surface area contributed by atoms with Gasteiger partial charge >= 0.3 is 0 Å². The maximum atomic E-state index is 11.1. The Bertz CT molecular complexity index is 316. The van der Waals surface area contributed by atoms with Crippen molar-refractivity contribution in [3.63, 3.8) is 0 Å². The molecule has 60 valence electrons.